The molecule has 4 heteroatoms. The molecule has 1 aromatic carbocycles. The summed E-state index contributed by atoms with van der Waals surface area (Å²) in [5.41, 5.74) is 1.19. The summed E-state index contributed by atoms with van der Waals surface area (Å²) in [6.45, 7) is 2.17. The van der Waals surface area contributed by atoms with Gasteiger partial charge in [0.05, 0.1) is 0 Å². The molecule has 1 unspecified atom stereocenters. The highest BCUT2D eigenvalue weighted by molar-refractivity contribution is 5.94. The Kier molecular flexibility index (Phi) is 4.07. The lowest BCUT2D eigenvalue weighted by molar-refractivity contribution is 0.367. The van der Waals surface area contributed by atoms with Crippen LogP contribution in [0.15, 0.2) is 49.1 Å². The van der Waals surface area contributed by atoms with Crippen molar-refractivity contribution in [2.45, 2.75) is 38.3 Å². The number of hydrogen-bond acceptors (Lipinski definition) is 3. The Balaban J connectivity index is 1.61. The van der Waals surface area contributed by atoms with Crippen LogP contribution in [0.2, 0.25) is 0 Å². The largest absolute Gasteiger partial charge is 0.331 e. The molecule has 23 heavy (non-hydrogen) atoms. The molecule has 0 radical (unpaired) electrons. The first-order valence-electron chi connectivity index (χ1n) is 8.49. The predicted molar refractivity (Wildman–Crippen MR) is 93.2 cm³/mol. The van der Waals surface area contributed by atoms with Crippen LogP contribution in [0.4, 0.5) is 0 Å². The molecular weight excluding hydrogens is 284 g/mol. The van der Waals surface area contributed by atoms with Gasteiger partial charge in [0.1, 0.15) is 5.82 Å². The number of fused-ring (bicyclic) bond motifs is 1. The average Bonchev–Trinajstić information content (AvgIpc) is 3.09. The van der Waals surface area contributed by atoms with Gasteiger partial charge in [-0.05, 0) is 37.3 Å². The van der Waals surface area contributed by atoms with Crippen molar-refractivity contribution >= 4 is 10.8 Å². The number of aryl methyl sites for hydroxylation is 1. The van der Waals surface area contributed by atoms with E-state index in [2.05, 4.69) is 50.3 Å². The number of nitrogens with zero attached hydrogens (tertiary/aromatic N) is 3. The molecule has 0 spiro atoms. The van der Waals surface area contributed by atoms with Gasteiger partial charge in [-0.3, -0.25) is 4.98 Å². The average molecular weight is 306 g/mol. The molecule has 4 rings (SSSR count). The fourth-order valence-electron chi connectivity index (χ4n) is 3.52. The second kappa shape index (κ2) is 6.50. The van der Waals surface area contributed by atoms with Crippen molar-refractivity contribution < 1.29 is 0 Å². The zero-order valence-electron chi connectivity index (χ0n) is 13.3. The number of pyridine rings is 1. The van der Waals surface area contributed by atoms with Crippen molar-refractivity contribution in [3.8, 4) is 11.4 Å². The van der Waals surface area contributed by atoms with Gasteiger partial charge in [-0.2, -0.15) is 0 Å². The Morgan fingerprint density at radius 1 is 1.17 bits per heavy atom. The smallest absolute Gasteiger partial charge is 0.140 e. The number of aromatic nitrogens is 3. The fourth-order valence-corrected chi connectivity index (χ4v) is 3.52. The third-order valence-corrected chi connectivity index (χ3v) is 4.77. The van der Waals surface area contributed by atoms with Crippen molar-refractivity contribution in [2.24, 2.45) is 0 Å². The number of piperidine rings is 1. The number of hydrogen-bond donors (Lipinski definition) is 1. The third kappa shape index (κ3) is 2.99. The van der Waals surface area contributed by atoms with E-state index in [0.29, 0.717) is 6.04 Å². The molecule has 118 valence electrons. The van der Waals surface area contributed by atoms with Crippen LogP contribution in [0, 0.1) is 0 Å². The normalized spacial score (nSPS) is 18.3. The van der Waals surface area contributed by atoms with Crippen molar-refractivity contribution in [3.63, 3.8) is 0 Å². The van der Waals surface area contributed by atoms with E-state index in [1.165, 1.54) is 30.2 Å². The molecule has 0 saturated carbocycles. The standard InChI is InChI=1S/C19H22N4/c1-2-9-21-16(5-1)8-12-23-13-11-22-19(23)18-6-3-4-15-14-20-10-7-17(15)18/h3-4,6-7,10-11,13-14,16,21H,1-2,5,8-9,12H2. The Labute approximate surface area is 136 Å². The summed E-state index contributed by atoms with van der Waals surface area (Å²) in [7, 11) is 0. The van der Waals surface area contributed by atoms with E-state index >= 15 is 0 Å². The predicted octanol–water partition coefficient (Wildman–Crippen LogP) is 3.63. The summed E-state index contributed by atoms with van der Waals surface area (Å²) in [6.07, 6.45) is 12.9. The van der Waals surface area contributed by atoms with Gasteiger partial charge in [-0.15, -0.1) is 0 Å². The van der Waals surface area contributed by atoms with E-state index < -0.39 is 0 Å². The number of nitrogens with one attached hydrogen (secondary N) is 1. The van der Waals surface area contributed by atoms with E-state index in [9.17, 15) is 0 Å². The van der Waals surface area contributed by atoms with Crippen LogP contribution in [0.1, 0.15) is 25.7 Å². The Bertz CT molecular complexity index is 781. The van der Waals surface area contributed by atoms with E-state index in [1.54, 1.807) is 0 Å². The van der Waals surface area contributed by atoms with E-state index in [1.807, 2.05) is 18.6 Å². The van der Waals surface area contributed by atoms with Gasteiger partial charge in [0, 0.05) is 48.3 Å². The van der Waals surface area contributed by atoms with Gasteiger partial charge < -0.3 is 9.88 Å². The number of imidazole rings is 1. The maximum Gasteiger partial charge on any atom is 0.140 e. The van der Waals surface area contributed by atoms with Gasteiger partial charge in [-0.1, -0.05) is 24.6 Å². The Morgan fingerprint density at radius 2 is 2.17 bits per heavy atom. The molecule has 1 aliphatic rings. The topological polar surface area (TPSA) is 42.7 Å². The quantitative estimate of drug-likeness (QED) is 0.800. The van der Waals surface area contributed by atoms with Crippen LogP contribution in [0.3, 0.4) is 0 Å². The first-order chi connectivity index (χ1) is 11.4. The third-order valence-electron chi connectivity index (χ3n) is 4.77. The molecule has 1 saturated heterocycles. The lowest BCUT2D eigenvalue weighted by Gasteiger charge is -2.23. The van der Waals surface area contributed by atoms with Crippen LogP contribution >= 0.6 is 0 Å². The minimum atomic E-state index is 0.649. The van der Waals surface area contributed by atoms with Gasteiger partial charge in [0.2, 0.25) is 0 Å². The molecule has 1 N–H and O–H groups in total. The maximum absolute atomic E-state index is 4.62. The summed E-state index contributed by atoms with van der Waals surface area (Å²) in [5.74, 6) is 1.05. The Morgan fingerprint density at radius 3 is 3.09 bits per heavy atom. The summed E-state index contributed by atoms with van der Waals surface area (Å²) in [6, 6.07) is 9.06. The lowest BCUT2D eigenvalue weighted by atomic mass is 10.0. The maximum atomic E-state index is 4.62. The number of benzene rings is 1. The van der Waals surface area contributed by atoms with E-state index in [4.69, 9.17) is 0 Å². The fraction of sp³-hybridized carbons (Fsp3) is 0.368. The van der Waals surface area contributed by atoms with Crippen LogP contribution in [-0.4, -0.2) is 27.1 Å². The van der Waals surface area contributed by atoms with Gasteiger partial charge in [0.25, 0.3) is 0 Å². The van der Waals surface area contributed by atoms with Gasteiger partial charge in [0.15, 0.2) is 0 Å². The highest BCUT2D eigenvalue weighted by Crippen LogP contribution is 2.27. The monoisotopic (exact) mass is 306 g/mol. The lowest BCUT2D eigenvalue weighted by Crippen LogP contribution is -2.34. The minimum Gasteiger partial charge on any atom is -0.331 e. The first-order valence-corrected chi connectivity index (χ1v) is 8.49. The molecule has 0 bridgehead atoms. The molecule has 0 amide bonds. The minimum absolute atomic E-state index is 0.649. The first kappa shape index (κ1) is 14.4. The highest BCUT2D eigenvalue weighted by atomic mass is 15.1. The summed E-state index contributed by atoms with van der Waals surface area (Å²) < 4.78 is 2.28. The van der Waals surface area contributed by atoms with Crippen LogP contribution < -0.4 is 5.32 Å². The van der Waals surface area contributed by atoms with Crippen molar-refractivity contribution in [3.05, 3.63) is 49.1 Å². The van der Waals surface area contributed by atoms with E-state index in [0.717, 1.165) is 30.7 Å². The molecule has 1 aliphatic heterocycles. The van der Waals surface area contributed by atoms with Crippen molar-refractivity contribution in [2.75, 3.05) is 6.54 Å². The molecule has 4 nitrogen and oxygen atoms in total. The second-order valence-electron chi connectivity index (χ2n) is 6.28. The molecule has 3 heterocycles. The summed E-state index contributed by atoms with van der Waals surface area (Å²) >= 11 is 0. The van der Waals surface area contributed by atoms with Crippen LogP contribution in [0.25, 0.3) is 22.2 Å². The molecular formula is C19H22N4. The van der Waals surface area contributed by atoms with Crippen LogP contribution in [0.5, 0.6) is 0 Å². The van der Waals surface area contributed by atoms with Crippen molar-refractivity contribution in [1.29, 1.82) is 0 Å². The second-order valence-corrected chi connectivity index (χ2v) is 6.28. The zero-order valence-corrected chi connectivity index (χ0v) is 13.3. The molecule has 2 aromatic heterocycles. The molecule has 1 atom stereocenters. The summed E-state index contributed by atoms with van der Waals surface area (Å²) in [4.78, 5) is 8.84. The number of rotatable bonds is 4. The molecule has 3 aromatic rings. The van der Waals surface area contributed by atoms with E-state index in [-0.39, 0.29) is 0 Å². The molecule has 1 fully saturated rings. The SMILES string of the molecule is c1cc(-c2nccn2CCC2CCCCN2)c2ccncc2c1. The van der Waals surface area contributed by atoms with Crippen molar-refractivity contribution in [1.82, 2.24) is 19.9 Å². The summed E-state index contributed by atoms with van der Waals surface area (Å²) in [5, 5.41) is 6.00. The highest BCUT2D eigenvalue weighted by Gasteiger charge is 2.14. The zero-order chi connectivity index (χ0) is 15.5. The van der Waals surface area contributed by atoms with Gasteiger partial charge in [-0.25, -0.2) is 4.98 Å². The van der Waals surface area contributed by atoms with Crippen LogP contribution in [-0.2, 0) is 6.54 Å². The Hall–Kier alpha value is -2.20. The molecule has 0 aliphatic carbocycles. The van der Waals surface area contributed by atoms with Gasteiger partial charge >= 0.3 is 0 Å².